The van der Waals surface area contributed by atoms with Crippen LogP contribution in [-0.2, 0) is 6.42 Å². The van der Waals surface area contributed by atoms with Crippen LogP contribution in [0.2, 0.25) is 0 Å². The number of aromatic amines is 1. The molecule has 1 heterocycles. The van der Waals surface area contributed by atoms with E-state index >= 15 is 0 Å². The first kappa shape index (κ1) is 16.0. The normalized spacial score (nSPS) is 12.1. The number of benzene rings is 1. The number of nitrogens with one attached hydrogen (secondary N) is 2. The predicted molar refractivity (Wildman–Crippen MR) is 87.0 cm³/mol. The van der Waals surface area contributed by atoms with Crippen LogP contribution in [-0.4, -0.2) is 42.5 Å². The Morgan fingerprint density at radius 1 is 1.18 bits per heavy atom. The van der Waals surface area contributed by atoms with Gasteiger partial charge in [0.2, 0.25) is 5.56 Å². The number of pyridine rings is 1. The van der Waals surface area contributed by atoms with Gasteiger partial charge in [-0.1, -0.05) is 30.3 Å². The first-order valence-corrected chi connectivity index (χ1v) is 7.23. The van der Waals surface area contributed by atoms with Crippen LogP contribution in [0.15, 0.2) is 53.5 Å². The molecule has 5 heteroatoms. The van der Waals surface area contributed by atoms with Crippen LogP contribution >= 0.6 is 0 Å². The van der Waals surface area contributed by atoms with Crippen molar-refractivity contribution in [3.05, 3.63) is 70.1 Å². The summed E-state index contributed by atoms with van der Waals surface area (Å²) in [6.07, 6.45) is 2.29. The summed E-state index contributed by atoms with van der Waals surface area (Å²) < 4.78 is 0. The van der Waals surface area contributed by atoms with E-state index in [2.05, 4.69) is 27.3 Å². The molecule has 0 unspecified atom stereocenters. The Bertz CT molecular complexity index is 645. The zero-order valence-electron chi connectivity index (χ0n) is 12.9. The Hall–Kier alpha value is -2.40. The quantitative estimate of drug-likeness (QED) is 0.844. The van der Waals surface area contributed by atoms with E-state index in [0.29, 0.717) is 12.1 Å². The summed E-state index contributed by atoms with van der Waals surface area (Å²) in [7, 11) is 4.00. The lowest BCUT2D eigenvalue weighted by Crippen LogP contribution is -2.41. The number of hydrogen-bond donors (Lipinski definition) is 2. The largest absolute Gasteiger partial charge is 0.350 e. The van der Waals surface area contributed by atoms with E-state index in [1.165, 1.54) is 23.9 Å². The third-order valence-corrected chi connectivity index (χ3v) is 3.59. The van der Waals surface area contributed by atoms with E-state index in [0.717, 1.165) is 6.42 Å². The van der Waals surface area contributed by atoms with Crippen molar-refractivity contribution in [3.63, 3.8) is 0 Å². The molecule has 0 aliphatic carbocycles. The summed E-state index contributed by atoms with van der Waals surface area (Å²) in [4.78, 5) is 27.7. The molecule has 1 atom stereocenters. The van der Waals surface area contributed by atoms with Gasteiger partial charge in [0.25, 0.3) is 5.91 Å². The molecule has 0 aliphatic rings. The standard InChI is InChI=1S/C17H21N3O2/c1-20(2)15(10-13-6-4-3-5-7-13)12-19-17(22)14-8-9-16(21)18-11-14/h3-9,11,15H,10,12H2,1-2H3,(H,18,21)(H,19,22)/t15-/m0/s1. The van der Waals surface area contributed by atoms with E-state index in [9.17, 15) is 9.59 Å². The van der Waals surface area contributed by atoms with Gasteiger partial charge in [-0.25, -0.2) is 0 Å². The molecule has 1 aromatic carbocycles. The Morgan fingerprint density at radius 2 is 1.91 bits per heavy atom. The maximum atomic E-state index is 12.1. The molecule has 22 heavy (non-hydrogen) atoms. The van der Waals surface area contributed by atoms with Gasteiger partial charge < -0.3 is 15.2 Å². The van der Waals surface area contributed by atoms with Crippen molar-refractivity contribution in [3.8, 4) is 0 Å². The third kappa shape index (κ3) is 4.56. The molecule has 1 aromatic heterocycles. The van der Waals surface area contributed by atoms with Crippen molar-refractivity contribution >= 4 is 5.91 Å². The highest BCUT2D eigenvalue weighted by molar-refractivity contribution is 5.93. The molecule has 0 saturated heterocycles. The molecule has 1 amide bonds. The number of H-pyrrole nitrogens is 1. The van der Waals surface area contributed by atoms with E-state index in [1.54, 1.807) is 0 Å². The number of hydrogen-bond acceptors (Lipinski definition) is 3. The van der Waals surface area contributed by atoms with E-state index in [4.69, 9.17) is 0 Å². The highest BCUT2D eigenvalue weighted by Gasteiger charge is 2.14. The zero-order valence-corrected chi connectivity index (χ0v) is 12.9. The van der Waals surface area contributed by atoms with Crippen LogP contribution in [0, 0.1) is 0 Å². The molecule has 2 rings (SSSR count). The number of likely N-dealkylation sites (N-methyl/N-ethyl adjacent to an activating group) is 1. The summed E-state index contributed by atoms with van der Waals surface area (Å²) in [6.45, 7) is 0.542. The summed E-state index contributed by atoms with van der Waals surface area (Å²) in [5.41, 5.74) is 1.48. The van der Waals surface area contributed by atoms with Gasteiger partial charge in [-0.2, -0.15) is 0 Å². The monoisotopic (exact) mass is 299 g/mol. The van der Waals surface area contributed by atoms with E-state index < -0.39 is 0 Å². The minimum absolute atomic E-state index is 0.184. The molecule has 2 aromatic rings. The summed E-state index contributed by atoms with van der Waals surface area (Å²) in [5.74, 6) is -0.184. The number of nitrogens with zero attached hydrogens (tertiary/aromatic N) is 1. The van der Waals surface area contributed by atoms with Crippen LogP contribution in [0.25, 0.3) is 0 Å². The lowest BCUT2D eigenvalue weighted by molar-refractivity contribution is 0.0941. The first-order chi connectivity index (χ1) is 10.6. The number of rotatable bonds is 6. The Balaban J connectivity index is 1.95. The van der Waals surface area contributed by atoms with Crippen molar-refractivity contribution in [2.24, 2.45) is 0 Å². The van der Waals surface area contributed by atoms with Crippen molar-refractivity contribution in [1.29, 1.82) is 0 Å². The predicted octanol–water partition coefficient (Wildman–Crippen LogP) is 1.28. The third-order valence-electron chi connectivity index (χ3n) is 3.59. The van der Waals surface area contributed by atoms with Crippen LogP contribution in [0.4, 0.5) is 0 Å². The van der Waals surface area contributed by atoms with Crippen LogP contribution in [0.5, 0.6) is 0 Å². The average Bonchev–Trinajstić information content (AvgIpc) is 2.52. The number of amides is 1. The summed E-state index contributed by atoms with van der Waals surface area (Å²) in [6, 6.07) is 13.3. The highest BCUT2D eigenvalue weighted by Crippen LogP contribution is 2.06. The van der Waals surface area contributed by atoms with E-state index in [-0.39, 0.29) is 17.5 Å². The summed E-state index contributed by atoms with van der Waals surface area (Å²) in [5, 5.41) is 2.92. The molecule has 0 spiro atoms. The molecule has 0 fully saturated rings. The zero-order chi connectivity index (χ0) is 15.9. The number of aromatic nitrogens is 1. The topological polar surface area (TPSA) is 65.2 Å². The van der Waals surface area contributed by atoms with Crippen LogP contribution in [0.3, 0.4) is 0 Å². The highest BCUT2D eigenvalue weighted by atomic mass is 16.1. The Morgan fingerprint density at radius 3 is 2.50 bits per heavy atom. The molecular weight excluding hydrogens is 278 g/mol. The van der Waals surface area contributed by atoms with Gasteiger partial charge in [0.05, 0.1) is 5.56 Å². The van der Waals surface area contributed by atoms with Crippen LogP contribution in [0.1, 0.15) is 15.9 Å². The molecule has 5 nitrogen and oxygen atoms in total. The molecule has 0 saturated carbocycles. The van der Waals surface area contributed by atoms with E-state index in [1.807, 2.05) is 32.3 Å². The fraction of sp³-hybridized carbons (Fsp3) is 0.294. The van der Waals surface area contributed by atoms with Crippen molar-refractivity contribution in [2.75, 3.05) is 20.6 Å². The second-order valence-electron chi connectivity index (χ2n) is 5.46. The Kier molecular flexibility index (Phi) is 5.49. The maximum Gasteiger partial charge on any atom is 0.252 e. The fourth-order valence-electron chi connectivity index (χ4n) is 2.19. The second-order valence-corrected chi connectivity index (χ2v) is 5.46. The van der Waals surface area contributed by atoms with Crippen LogP contribution < -0.4 is 10.9 Å². The molecular formula is C17H21N3O2. The number of carbonyl (C=O) groups is 1. The molecule has 2 N–H and O–H groups in total. The molecule has 0 bridgehead atoms. The molecule has 116 valence electrons. The minimum atomic E-state index is -0.216. The lowest BCUT2D eigenvalue weighted by atomic mass is 10.1. The summed E-state index contributed by atoms with van der Waals surface area (Å²) >= 11 is 0. The molecule has 0 radical (unpaired) electrons. The van der Waals surface area contributed by atoms with Gasteiger partial charge in [-0.15, -0.1) is 0 Å². The first-order valence-electron chi connectivity index (χ1n) is 7.23. The number of carbonyl (C=O) groups excluding carboxylic acids is 1. The minimum Gasteiger partial charge on any atom is -0.350 e. The second kappa shape index (κ2) is 7.56. The van der Waals surface area contributed by atoms with Gasteiger partial charge in [-0.05, 0) is 32.1 Å². The lowest BCUT2D eigenvalue weighted by Gasteiger charge is -2.24. The Labute approximate surface area is 130 Å². The SMILES string of the molecule is CN(C)[C@H](CNC(=O)c1ccc(=O)[nH]c1)Cc1ccccc1. The van der Waals surface area contributed by atoms with Crippen molar-refractivity contribution in [1.82, 2.24) is 15.2 Å². The average molecular weight is 299 g/mol. The van der Waals surface area contributed by atoms with Gasteiger partial charge in [0.15, 0.2) is 0 Å². The smallest absolute Gasteiger partial charge is 0.252 e. The van der Waals surface area contributed by atoms with Gasteiger partial charge in [0.1, 0.15) is 0 Å². The maximum absolute atomic E-state index is 12.1. The van der Waals surface area contributed by atoms with Gasteiger partial charge in [-0.3, -0.25) is 9.59 Å². The molecule has 0 aliphatic heterocycles. The van der Waals surface area contributed by atoms with Crippen molar-refractivity contribution in [2.45, 2.75) is 12.5 Å². The van der Waals surface area contributed by atoms with Gasteiger partial charge >= 0.3 is 0 Å². The van der Waals surface area contributed by atoms with Crippen molar-refractivity contribution < 1.29 is 4.79 Å². The van der Waals surface area contributed by atoms with Gasteiger partial charge in [0, 0.05) is 24.8 Å². The fourth-order valence-corrected chi connectivity index (χ4v) is 2.19.